The highest BCUT2D eigenvalue weighted by Crippen LogP contribution is 2.33. The van der Waals surface area contributed by atoms with Crippen LogP contribution in [-0.2, 0) is 40.0 Å². The Morgan fingerprint density at radius 2 is 0.534 bits per heavy atom. The van der Waals surface area contributed by atoms with Crippen molar-refractivity contribution in [2.75, 3.05) is 7.11 Å². The molecule has 2 N–H and O–H groups in total. The molecular formula is C106H64Cl8INO32. The highest BCUT2D eigenvalue weighted by molar-refractivity contribution is 14.1. The molecule has 6 aromatic heterocycles. The van der Waals surface area contributed by atoms with Gasteiger partial charge in [-0.3, -0.25) is 10.1 Å². The minimum Gasteiger partial charge on any atom is -0.478 e. The van der Waals surface area contributed by atoms with Gasteiger partial charge < -0.3 is 69.9 Å². The maximum Gasteiger partial charge on any atom is 0.351 e. The number of hydrogen-bond donors (Lipinski definition) is 2. The third kappa shape index (κ3) is 27.4. The van der Waals surface area contributed by atoms with Gasteiger partial charge >= 0.3 is 93.2 Å². The third-order valence-electron chi connectivity index (χ3n) is 20.6. The predicted octanol–water partition coefficient (Wildman–Crippen LogP) is 23.5. The van der Waals surface area contributed by atoms with Crippen LogP contribution >= 0.6 is 115 Å². The fourth-order valence-corrected chi connectivity index (χ4v) is 15.2. The molecule has 748 valence electrons. The second-order valence-corrected chi connectivity index (χ2v) is 34.0. The summed E-state index contributed by atoms with van der Waals surface area (Å²) in [7, 11) is 1.22. The molecular weight excluding hydrogens is 2210 g/mol. The normalized spacial score (nSPS) is 10.6. The average Bonchev–Trinajstić information content (AvgIpc) is 0.812. The van der Waals surface area contributed by atoms with E-state index >= 15 is 0 Å². The van der Waals surface area contributed by atoms with Crippen molar-refractivity contribution >= 4 is 241 Å². The molecule has 0 aliphatic rings. The zero-order chi connectivity index (χ0) is 106. The Kier molecular flexibility index (Phi) is 37.1. The summed E-state index contributed by atoms with van der Waals surface area (Å²) in [4.78, 5) is 191. The Morgan fingerprint density at radius 1 is 0.284 bits per heavy atom. The van der Waals surface area contributed by atoms with Crippen LogP contribution in [0.3, 0.4) is 0 Å². The lowest BCUT2D eigenvalue weighted by Crippen LogP contribution is -2.19. The van der Waals surface area contributed by atoms with Crippen LogP contribution in [0, 0.1) is 13.7 Å². The SMILES string of the molecule is COC(=O)c1ccccc1OC(=O)c1cc2cc(CCl)ccc2oc1=O.O=C(O)c1ccc(Cl)cc1OC(=O)c1cc2cc(CCl)ccc2oc1=O.O=C(O)c1ccccc1OC(=O)c1cc2cc(CCl)ccc2oc1=O.O=C(Oc1ccccc1Cl)c1cc2cc(CCl)ccc2oc1=O.O=C(Oc1ccccc1I)c1cc2cc(CCl)ccc2oc1=O.O=C(Oc1ccccc1[N+](=O)[O-])c1cc2cc(CCl)ccc2oc1=O. The molecule has 0 bridgehead atoms. The minimum absolute atomic E-state index is 0.0154. The number of alkyl halides is 6. The molecule has 0 amide bonds. The first-order valence-corrected chi connectivity index (χ1v) is 47.5. The van der Waals surface area contributed by atoms with Crippen LogP contribution in [-0.4, -0.2) is 76.0 Å². The lowest BCUT2D eigenvalue weighted by molar-refractivity contribution is -0.385. The number of aromatic carboxylic acids is 2. The summed E-state index contributed by atoms with van der Waals surface area (Å²) in [6.45, 7) is 0. The van der Waals surface area contributed by atoms with E-state index in [0.717, 1.165) is 37.0 Å². The number of benzene rings is 12. The fourth-order valence-electron chi connectivity index (χ4n) is 13.4. The number of carboxylic acid groups (broad SMARTS) is 2. The Labute approximate surface area is 883 Å². The molecule has 18 aromatic rings. The Hall–Kier alpha value is -16.4. The Balaban J connectivity index is 0.000000148. The topological polar surface area (TPSA) is 483 Å². The summed E-state index contributed by atoms with van der Waals surface area (Å²) >= 11 is 48.5. The number of carbonyl (C=O) groups is 9. The minimum atomic E-state index is -1.30. The number of fused-ring (bicyclic) bond motifs is 6. The zero-order valence-corrected chi connectivity index (χ0v) is 83.6. The van der Waals surface area contributed by atoms with E-state index in [1.54, 1.807) is 158 Å². The summed E-state index contributed by atoms with van der Waals surface area (Å²) < 4.78 is 67.0. The molecule has 0 saturated carbocycles. The fraction of sp³-hybridized carbons (Fsp3) is 0.0660. The molecule has 6 heterocycles. The molecule has 42 heteroatoms. The first kappa shape index (κ1) is 109. The molecule has 12 aromatic carbocycles. The number of nitro groups is 1. The molecule has 0 radical (unpaired) electrons. The predicted molar refractivity (Wildman–Crippen MR) is 555 cm³/mol. The monoisotopic (exact) mass is 2270 g/mol. The lowest BCUT2D eigenvalue weighted by Gasteiger charge is -2.08. The second-order valence-electron chi connectivity index (χ2n) is 30.4. The van der Waals surface area contributed by atoms with Gasteiger partial charge in [0.05, 0.1) is 20.6 Å². The number of carboxylic acids is 2. The van der Waals surface area contributed by atoms with E-state index in [4.69, 9.17) is 158 Å². The Bertz CT molecular complexity index is 8370. The van der Waals surface area contributed by atoms with Gasteiger partial charge in [-0.1, -0.05) is 120 Å². The molecule has 0 unspecified atom stereocenters. The number of halogens is 9. The molecule has 33 nitrogen and oxygen atoms in total. The third-order valence-corrected chi connectivity index (χ3v) is 23.9. The Morgan fingerprint density at radius 3 is 0.838 bits per heavy atom. The van der Waals surface area contributed by atoms with E-state index in [0.29, 0.717) is 77.7 Å². The number of para-hydroxylation sites is 6. The van der Waals surface area contributed by atoms with Gasteiger partial charge in [0, 0.05) is 84.8 Å². The maximum absolute atomic E-state index is 12.4. The van der Waals surface area contributed by atoms with Crippen molar-refractivity contribution in [2.24, 2.45) is 0 Å². The van der Waals surface area contributed by atoms with E-state index in [1.807, 2.05) is 6.07 Å². The van der Waals surface area contributed by atoms with Crippen molar-refractivity contribution in [3.63, 3.8) is 0 Å². The van der Waals surface area contributed by atoms with Crippen LogP contribution < -0.4 is 62.2 Å². The molecule has 18 rings (SSSR count). The van der Waals surface area contributed by atoms with Crippen LogP contribution in [0.4, 0.5) is 5.69 Å². The van der Waals surface area contributed by atoms with Crippen LogP contribution in [0.15, 0.2) is 340 Å². The van der Waals surface area contributed by atoms with Crippen LogP contribution in [0.1, 0.15) is 127 Å². The number of nitrogens with zero attached hydrogens (tertiary/aromatic N) is 1. The number of hydrogen-bond acceptors (Lipinski definition) is 30. The molecule has 0 saturated heterocycles. The summed E-state index contributed by atoms with van der Waals surface area (Å²) in [6, 6.07) is 72.8. The van der Waals surface area contributed by atoms with E-state index in [1.165, 1.54) is 128 Å². The number of nitro benzene ring substituents is 1. The van der Waals surface area contributed by atoms with E-state index < -0.39 is 92.4 Å². The summed E-state index contributed by atoms with van der Waals surface area (Å²) in [5.74, 6) is -7.27. The van der Waals surface area contributed by atoms with Crippen molar-refractivity contribution in [3.8, 4) is 34.5 Å². The smallest absolute Gasteiger partial charge is 0.351 e. The standard InChI is InChI=1S/C19H13ClO6.C18H10Cl2O6.C18H11ClO6.C17H10Cl2O4.C17H10ClIO4.C17H10ClNO6/c1-24-17(21)13-4-2-3-5-16(13)26-19(23)14-9-12-8-11(10-20)6-7-15(12)25-18(14)22;19-8-9-1-4-14-10(5-9)6-13(17(23)25-14)18(24)26-15-7-11(20)2-3-12(15)16(21)22;19-9-10-5-6-14-11(7-10)8-13(17(22)24-14)18(23)25-15-4-2-1-3-12(15)16(20)21;2*18-9-10-5-6-14-11(7-10)8-12(16(20)22-14)17(21)23-15-4-2-1-3-13(15)19;18-9-10-5-6-14-11(7-10)8-12(16(20)24-14)17(21)25-15-4-2-1-3-13(15)19(22)23/h2-9H,10H2,1H3;1-7H,8H2,(H,21,22);1-8H,9H2,(H,20,21);2*1-8H,9H2;1-8H,9H2. The van der Waals surface area contributed by atoms with Gasteiger partial charge in [0.1, 0.15) is 112 Å². The van der Waals surface area contributed by atoms with Gasteiger partial charge in [-0.2, -0.15) is 0 Å². The van der Waals surface area contributed by atoms with Gasteiger partial charge in [-0.15, -0.1) is 69.6 Å². The van der Waals surface area contributed by atoms with Crippen molar-refractivity contribution < 1.29 is 118 Å². The first-order valence-electron chi connectivity index (χ1n) is 42.4. The zero-order valence-electron chi connectivity index (χ0n) is 75.4. The van der Waals surface area contributed by atoms with Crippen molar-refractivity contribution in [1.82, 2.24) is 0 Å². The number of esters is 7. The molecule has 148 heavy (non-hydrogen) atoms. The number of carbonyl (C=O) groups excluding carboxylic acids is 7. The van der Waals surface area contributed by atoms with E-state index in [-0.39, 0.29) is 124 Å². The van der Waals surface area contributed by atoms with E-state index in [2.05, 4.69) is 27.3 Å². The summed E-state index contributed by atoms with van der Waals surface area (Å²) in [5.41, 5.74) is -0.641. The molecule has 0 atom stereocenters. The molecule has 0 fully saturated rings. The summed E-state index contributed by atoms with van der Waals surface area (Å²) in [5, 5.41) is 32.9. The maximum atomic E-state index is 12.4. The van der Waals surface area contributed by atoms with Gasteiger partial charge in [0.15, 0.2) is 0 Å². The number of rotatable bonds is 22. The lowest BCUT2D eigenvalue weighted by atomic mass is 10.1. The second kappa shape index (κ2) is 50.4. The van der Waals surface area contributed by atoms with E-state index in [9.17, 15) is 82.0 Å². The average molecular weight is 2270 g/mol. The molecule has 0 aliphatic carbocycles. The van der Waals surface area contributed by atoms with Crippen molar-refractivity contribution in [1.29, 1.82) is 0 Å². The van der Waals surface area contributed by atoms with Gasteiger partial charge in [-0.25, -0.2) is 71.9 Å². The highest BCUT2D eigenvalue weighted by atomic mass is 127. The van der Waals surface area contributed by atoms with Gasteiger partial charge in [-0.05, 0) is 232 Å². The van der Waals surface area contributed by atoms with Crippen LogP contribution in [0.5, 0.6) is 34.5 Å². The van der Waals surface area contributed by atoms with Crippen LogP contribution in [0.2, 0.25) is 10.0 Å². The number of ether oxygens (including phenoxy) is 7. The quantitative estimate of drug-likeness (QED) is 0.0121. The first-order chi connectivity index (χ1) is 71.1. The van der Waals surface area contributed by atoms with Crippen molar-refractivity contribution in [3.05, 3.63) is 455 Å². The largest absolute Gasteiger partial charge is 0.478 e. The summed E-state index contributed by atoms with van der Waals surface area (Å²) in [6.07, 6.45) is 0. The van der Waals surface area contributed by atoms with Gasteiger partial charge in [0.2, 0.25) is 5.75 Å². The van der Waals surface area contributed by atoms with Crippen LogP contribution in [0.25, 0.3) is 65.8 Å². The van der Waals surface area contributed by atoms with Gasteiger partial charge in [0.25, 0.3) is 0 Å². The number of methoxy groups -OCH3 is 1. The molecule has 0 spiro atoms. The highest BCUT2D eigenvalue weighted by Gasteiger charge is 2.28. The van der Waals surface area contributed by atoms with Crippen molar-refractivity contribution in [2.45, 2.75) is 35.3 Å². The molecule has 0 aliphatic heterocycles.